The lowest BCUT2D eigenvalue weighted by molar-refractivity contribution is 0.0505. The predicted octanol–water partition coefficient (Wildman–Crippen LogP) is 2.75. The Balaban J connectivity index is 2.35. The summed E-state index contributed by atoms with van der Waals surface area (Å²) in [6.45, 7) is 5.99. The van der Waals surface area contributed by atoms with Crippen LogP contribution in [0.1, 0.15) is 46.1 Å². The molecule has 132 valence electrons. The van der Waals surface area contributed by atoms with Crippen LogP contribution in [-0.4, -0.2) is 35.1 Å². The van der Waals surface area contributed by atoms with Crippen molar-refractivity contribution in [1.29, 1.82) is 0 Å². The molecule has 0 aliphatic carbocycles. The fourth-order valence-corrected chi connectivity index (χ4v) is 2.16. The molecule has 0 spiro atoms. The normalized spacial score (nSPS) is 10.2. The second kappa shape index (κ2) is 8.77. The van der Waals surface area contributed by atoms with Gasteiger partial charge < -0.3 is 14.8 Å². The highest BCUT2D eigenvalue weighted by atomic mass is 16.5. The van der Waals surface area contributed by atoms with Gasteiger partial charge in [0.1, 0.15) is 5.82 Å². The number of esters is 2. The summed E-state index contributed by atoms with van der Waals surface area (Å²) in [5, 5.41) is 3.14. The van der Waals surface area contributed by atoms with E-state index in [1.165, 1.54) is 0 Å². The van der Waals surface area contributed by atoms with Crippen LogP contribution in [0.5, 0.6) is 0 Å². The largest absolute Gasteiger partial charge is 0.461 e. The molecule has 0 atom stereocenters. The van der Waals surface area contributed by atoms with Crippen LogP contribution in [0, 0.1) is 6.92 Å². The van der Waals surface area contributed by atoms with E-state index >= 15 is 0 Å². The topological polar surface area (TPSA) is 90.4 Å². The van der Waals surface area contributed by atoms with Gasteiger partial charge in [0, 0.05) is 12.1 Å². The molecule has 0 amide bonds. The van der Waals surface area contributed by atoms with Gasteiger partial charge >= 0.3 is 11.9 Å². The summed E-state index contributed by atoms with van der Waals surface area (Å²) < 4.78 is 9.95. The Hall–Kier alpha value is -2.96. The minimum atomic E-state index is -0.684. The van der Waals surface area contributed by atoms with Crippen molar-refractivity contribution in [2.45, 2.75) is 27.3 Å². The third kappa shape index (κ3) is 4.76. The van der Waals surface area contributed by atoms with Crippen molar-refractivity contribution >= 4 is 17.8 Å². The molecule has 2 rings (SSSR count). The van der Waals surface area contributed by atoms with Crippen LogP contribution in [0.25, 0.3) is 0 Å². The zero-order valence-corrected chi connectivity index (χ0v) is 14.5. The van der Waals surface area contributed by atoms with E-state index in [1.54, 1.807) is 20.8 Å². The maximum atomic E-state index is 12.1. The highest BCUT2D eigenvalue weighted by molar-refractivity contribution is 5.93. The molecular weight excluding hydrogens is 322 g/mol. The van der Waals surface area contributed by atoms with Crippen molar-refractivity contribution < 1.29 is 19.1 Å². The molecule has 25 heavy (non-hydrogen) atoms. The third-order valence-corrected chi connectivity index (χ3v) is 3.38. The standard InChI is InChI=1S/C18H21N3O4/c1-4-24-17(22)14-12(3)15(19-11-13-9-7-6-8-10-13)21-16(20-14)18(23)25-5-2/h6-10H,4-5,11H2,1-3H3,(H,19,20,21). The summed E-state index contributed by atoms with van der Waals surface area (Å²) in [6, 6.07) is 9.71. The Morgan fingerprint density at radius 2 is 1.64 bits per heavy atom. The lowest BCUT2D eigenvalue weighted by Gasteiger charge is -2.13. The molecule has 0 fully saturated rings. The third-order valence-electron chi connectivity index (χ3n) is 3.38. The SMILES string of the molecule is CCOC(=O)c1nc(NCc2ccccc2)c(C)c(C(=O)OCC)n1. The maximum Gasteiger partial charge on any atom is 0.376 e. The number of carbonyl (C=O) groups excluding carboxylic acids is 2. The highest BCUT2D eigenvalue weighted by Gasteiger charge is 2.22. The van der Waals surface area contributed by atoms with Gasteiger partial charge in [-0.05, 0) is 26.3 Å². The van der Waals surface area contributed by atoms with E-state index in [9.17, 15) is 9.59 Å². The predicted molar refractivity (Wildman–Crippen MR) is 92.5 cm³/mol. The summed E-state index contributed by atoms with van der Waals surface area (Å²) in [4.78, 5) is 32.3. The molecule has 7 nitrogen and oxygen atoms in total. The van der Waals surface area contributed by atoms with E-state index in [4.69, 9.17) is 9.47 Å². The average Bonchev–Trinajstić information content (AvgIpc) is 2.62. The molecule has 0 saturated carbocycles. The Morgan fingerprint density at radius 3 is 2.28 bits per heavy atom. The molecule has 1 N–H and O–H groups in total. The van der Waals surface area contributed by atoms with Crippen molar-refractivity contribution in [3.05, 3.63) is 53.0 Å². The molecule has 2 aromatic rings. The first-order valence-electron chi connectivity index (χ1n) is 8.07. The van der Waals surface area contributed by atoms with E-state index < -0.39 is 11.9 Å². The van der Waals surface area contributed by atoms with Crippen molar-refractivity contribution in [3.63, 3.8) is 0 Å². The highest BCUT2D eigenvalue weighted by Crippen LogP contribution is 2.18. The molecule has 0 saturated heterocycles. The second-order valence-corrected chi connectivity index (χ2v) is 5.15. The number of benzene rings is 1. The number of aromatic nitrogens is 2. The van der Waals surface area contributed by atoms with Gasteiger partial charge in [-0.1, -0.05) is 30.3 Å². The lowest BCUT2D eigenvalue weighted by Crippen LogP contribution is -2.19. The molecular formula is C18H21N3O4. The van der Waals surface area contributed by atoms with Gasteiger partial charge in [-0.25, -0.2) is 19.6 Å². The van der Waals surface area contributed by atoms with Crippen LogP contribution >= 0.6 is 0 Å². The molecule has 0 bridgehead atoms. The second-order valence-electron chi connectivity index (χ2n) is 5.15. The lowest BCUT2D eigenvalue weighted by atomic mass is 10.2. The van der Waals surface area contributed by atoms with Gasteiger partial charge in [0.2, 0.25) is 5.82 Å². The van der Waals surface area contributed by atoms with Crippen LogP contribution in [0.15, 0.2) is 30.3 Å². The fraction of sp³-hybridized carbons (Fsp3) is 0.333. The minimum absolute atomic E-state index is 0.0514. The molecule has 0 unspecified atom stereocenters. The van der Waals surface area contributed by atoms with E-state index in [0.717, 1.165) is 5.56 Å². The Labute approximate surface area is 146 Å². The molecule has 0 aliphatic heterocycles. The molecule has 0 aliphatic rings. The van der Waals surface area contributed by atoms with Gasteiger partial charge in [0.25, 0.3) is 0 Å². The van der Waals surface area contributed by atoms with Gasteiger partial charge in [-0.15, -0.1) is 0 Å². The van der Waals surface area contributed by atoms with Gasteiger partial charge in [-0.3, -0.25) is 0 Å². The fourth-order valence-electron chi connectivity index (χ4n) is 2.16. The number of anilines is 1. The zero-order valence-electron chi connectivity index (χ0n) is 14.5. The Kier molecular flexibility index (Phi) is 6.45. The van der Waals surface area contributed by atoms with E-state index in [-0.39, 0.29) is 24.7 Å². The van der Waals surface area contributed by atoms with Crippen molar-refractivity contribution in [1.82, 2.24) is 9.97 Å². The summed E-state index contributed by atoms with van der Waals surface area (Å²) >= 11 is 0. The van der Waals surface area contributed by atoms with Gasteiger partial charge in [0.15, 0.2) is 5.69 Å². The molecule has 1 aromatic heterocycles. The van der Waals surface area contributed by atoms with Gasteiger partial charge in [0.05, 0.1) is 13.2 Å². The first kappa shape index (κ1) is 18.4. The number of hydrogen-bond donors (Lipinski definition) is 1. The quantitative estimate of drug-likeness (QED) is 0.773. The van der Waals surface area contributed by atoms with Crippen LogP contribution < -0.4 is 5.32 Å². The molecule has 7 heteroatoms. The van der Waals surface area contributed by atoms with Crippen LogP contribution in [-0.2, 0) is 16.0 Å². The Bertz CT molecular complexity index is 747. The molecule has 1 aromatic carbocycles. The summed E-state index contributed by atoms with van der Waals surface area (Å²) in [5.41, 5.74) is 1.61. The van der Waals surface area contributed by atoms with E-state index in [2.05, 4.69) is 15.3 Å². The smallest absolute Gasteiger partial charge is 0.376 e. The summed E-state index contributed by atoms with van der Waals surface area (Å²) in [5.74, 6) is -1.07. The molecule has 0 radical (unpaired) electrons. The average molecular weight is 343 g/mol. The number of carbonyl (C=O) groups is 2. The number of nitrogens with one attached hydrogen (secondary N) is 1. The zero-order chi connectivity index (χ0) is 18.2. The number of hydrogen-bond acceptors (Lipinski definition) is 7. The van der Waals surface area contributed by atoms with E-state index in [1.807, 2.05) is 30.3 Å². The van der Waals surface area contributed by atoms with Crippen LogP contribution in [0.2, 0.25) is 0 Å². The monoisotopic (exact) mass is 343 g/mol. The molecule has 1 heterocycles. The van der Waals surface area contributed by atoms with Crippen LogP contribution in [0.4, 0.5) is 5.82 Å². The van der Waals surface area contributed by atoms with Crippen molar-refractivity contribution in [2.75, 3.05) is 18.5 Å². The van der Waals surface area contributed by atoms with Crippen LogP contribution in [0.3, 0.4) is 0 Å². The number of nitrogens with zero attached hydrogens (tertiary/aromatic N) is 2. The summed E-state index contributed by atoms with van der Waals surface area (Å²) in [7, 11) is 0. The van der Waals surface area contributed by atoms with Gasteiger partial charge in [-0.2, -0.15) is 0 Å². The van der Waals surface area contributed by atoms with Crippen molar-refractivity contribution in [3.8, 4) is 0 Å². The Morgan fingerprint density at radius 1 is 1.00 bits per heavy atom. The minimum Gasteiger partial charge on any atom is -0.461 e. The first-order valence-corrected chi connectivity index (χ1v) is 8.07. The van der Waals surface area contributed by atoms with E-state index in [0.29, 0.717) is 17.9 Å². The summed E-state index contributed by atoms with van der Waals surface area (Å²) in [6.07, 6.45) is 0. The number of rotatable bonds is 7. The number of ether oxygens (including phenoxy) is 2. The van der Waals surface area contributed by atoms with Crippen molar-refractivity contribution in [2.24, 2.45) is 0 Å². The first-order chi connectivity index (χ1) is 12.1. The maximum absolute atomic E-state index is 12.1.